The van der Waals surface area contributed by atoms with Crippen LogP contribution in [-0.4, -0.2) is 35.6 Å². The summed E-state index contributed by atoms with van der Waals surface area (Å²) in [7, 11) is 0. The molecule has 0 radical (unpaired) electrons. The van der Waals surface area contributed by atoms with Crippen molar-refractivity contribution in [1.82, 2.24) is 4.90 Å². The van der Waals surface area contributed by atoms with Crippen molar-refractivity contribution in [3.63, 3.8) is 0 Å². The van der Waals surface area contributed by atoms with Gasteiger partial charge in [-0.25, -0.2) is 4.79 Å². The second-order valence-electron chi connectivity index (χ2n) is 7.27. The van der Waals surface area contributed by atoms with Crippen LogP contribution in [0.15, 0.2) is 48.5 Å². The van der Waals surface area contributed by atoms with E-state index < -0.39 is 17.7 Å². The summed E-state index contributed by atoms with van der Waals surface area (Å²) in [5, 5.41) is 2.73. The van der Waals surface area contributed by atoms with Gasteiger partial charge in [-0.15, -0.1) is 0 Å². The second-order valence-corrected chi connectivity index (χ2v) is 7.27. The molecule has 1 aliphatic heterocycles. The number of hydrogen-bond donors (Lipinski definition) is 1. The summed E-state index contributed by atoms with van der Waals surface area (Å²) in [4.78, 5) is 38.1. The molecule has 1 N–H and O–H groups in total. The highest BCUT2D eigenvalue weighted by Crippen LogP contribution is 2.31. The molecular formula is C22H21F3N2O3. The van der Waals surface area contributed by atoms with E-state index in [2.05, 4.69) is 5.32 Å². The maximum absolute atomic E-state index is 12.9. The summed E-state index contributed by atoms with van der Waals surface area (Å²) < 4.78 is 38.6. The molecule has 0 aliphatic carbocycles. The van der Waals surface area contributed by atoms with E-state index in [1.807, 2.05) is 0 Å². The van der Waals surface area contributed by atoms with Crippen molar-refractivity contribution in [2.75, 3.05) is 18.4 Å². The van der Waals surface area contributed by atoms with Gasteiger partial charge in [-0.05, 0) is 44.0 Å². The smallest absolute Gasteiger partial charge is 0.324 e. The lowest BCUT2D eigenvalue weighted by Gasteiger charge is -2.31. The molecule has 30 heavy (non-hydrogen) atoms. The van der Waals surface area contributed by atoms with Crippen molar-refractivity contribution in [1.29, 1.82) is 0 Å². The van der Waals surface area contributed by atoms with Crippen LogP contribution in [0.5, 0.6) is 0 Å². The lowest BCUT2D eigenvalue weighted by atomic mass is 9.88. The minimum atomic E-state index is -4.50. The van der Waals surface area contributed by atoms with Crippen LogP contribution in [0.2, 0.25) is 0 Å². The summed E-state index contributed by atoms with van der Waals surface area (Å²) in [6.45, 7) is 2.06. The SMILES string of the molecule is CC(=O)c1cccc(NC(=O)N2CCC(C(=O)c3cccc(C(F)(F)F)c3)CC2)c1. The molecular weight excluding hydrogens is 397 g/mol. The number of nitrogens with zero attached hydrogens (tertiary/aromatic N) is 1. The predicted octanol–water partition coefficient (Wildman–Crippen LogP) is 5.03. The van der Waals surface area contributed by atoms with Crippen LogP contribution in [0.25, 0.3) is 0 Å². The number of halogens is 3. The van der Waals surface area contributed by atoms with Gasteiger partial charge in [0.25, 0.3) is 0 Å². The first-order valence-corrected chi connectivity index (χ1v) is 9.53. The molecule has 0 spiro atoms. The molecule has 0 atom stereocenters. The van der Waals surface area contributed by atoms with Gasteiger partial charge >= 0.3 is 12.2 Å². The number of ketones is 2. The number of benzene rings is 2. The summed E-state index contributed by atoms with van der Waals surface area (Å²) >= 11 is 0. The molecule has 2 aromatic carbocycles. The summed E-state index contributed by atoms with van der Waals surface area (Å²) in [5.74, 6) is -0.881. The third kappa shape index (κ3) is 5.06. The van der Waals surface area contributed by atoms with Gasteiger partial charge in [-0.2, -0.15) is 13.2 Å². The Hall–Kier alpha value is -3.16. The number of carbonyl (C=O) groups is 3. The fraction of sp³-hybridized carbons (Fsp3) is 0.318. The van der Waals surface area contributed by atoms with Gasteiger partial charge < -0.3 is 10.2 Å². The standard InChI is InChI=1S/C22H21F3N2O3/c1-14(28)16-4-3-7-19(13-16)26-21(30)27-10-8-15(9-11-27)20(29)17-5-2-6-18(12-17)22(23,24)25/h2-7,12-13,15H,8-11H2,1H3,(H,26,30). The number of urea groups is 1. The van der Waals surface area contributed by atoms with Crippen molar-refractivity contribution in [2.24, 2.45) is 5.92 Å². The number of anilines is 1. The molecule has 0 unspecified atom stereocenters. The maximum Gasteiger partial charge on any atom is 0.416 e. The third-order valence-electron chi connectivity index (χ3n) is 5.15. The number of likely N-dealkylation sites (tertiary alicyclic amines) is 1. The lowest BCUT2D eigenvalue weighted by Crippen LogP contribution is -2.42. The Kier molecular flexibility index (Phi) is 6.24. The van der Waals surface area contributed by atoms with Gasteiger partial charge in [0, 0.05) is 35.8 Å². The van der Waals surface area contributed by atoms with Gasteiger partial charge in [-0.1, -0.05) is 24.3 Å². The van der Waals surface area contributed by atoms with Crippen LogP contribution < -0.4 is 5.32 Å². The number of Topliss-reactive ketones (excluding diaryl/α,β-unsaturated/α-hetero) is 2. The Morgan fingerprint density at radius 1 is 0.967 bits per heavy atom. The van der Waals surface area contributed by atoms with E-state index >= 15 is 0 Å². The molecule has 0 saturated carbocycles. The minimum absolute atomic E-state index is 0.0359. The van der Waals surface area contributed by atoms with E-state index in [-0.39, 0.29) is 23.2 Å². The second kappa shape index (κ2) is 8.69. The highest BCUT2D eigenvalue weighted by atomic mass is 19.4. The van der Waals surface area contributed by atoms with Gasteiger partial charge in [0.05, 0.1) is 5.56 Å². The Labute approximate surface area is 171 Å². The topological polar surface area (TPSA) is 66.5 Å². The molecule has 0 aromatic heterocycles. The third-order valence-corrected chi connectivity index (χ3v) is 5.15. The first-order valence-electron chi connectivity index (χ1n) is 9.53. The van der Waals surface area contributed by atoms with Crippen LogP contribution in [-0.2, 0) is 6.18 Å². The summed E-state index contributed by atoms with van der Waals surface area (Å²) in [6, 6.07) is 10.7. The van der Waals surface area contributed by atoms with E-state index in [0.29, 0.717) is 37.2 Å². The van der Waals surface area contributed by atoms with Crippen LogP contribution in [0.3, 0.4) is 0 Å². The Bertz CT molecular complexity index is 964. The predicted molar refractivity (Wildman–Crippen MR) is 106 cm³/mol. The Balaban J connectivity index is 1.59. The number of hydrogen-bond acceptors (Lipinski definition) is 3. The van der Waals surface area contributed by atoms with Gasteiger partial charge in [0.2, 0.25) is 0 Å². The highest BCUT2D eigenvalue weighted by molar-refractivity contribution is 5.98. The average Bonchev–Trinajstić information content (AvgIpc) is 2.73. The van der Waals surface area contributed by atoms with E-state index in [4.69, 9.17) is 0 Å². The molecule has 1 fully saturated rings. The van der Waals surface area contributed by atoms with Crippen LogP contribution in [0, 0.1) is 5.92 Å². The maximum atomic E-state index is 12.9. The van der Waals surface area contributed by atoms with Crippen molar-refractivity contribution in [2.45, 2.75) is 25.9 Å². The number of alkyl halides is 3. The molecule has 2 aromatic rings. The van der Waals surface area contributed by atoms with E-state index in [1.54, 1.807) is 29.2 Å². The largest absolute Gasteiger partial charge is 0.416 e. The van der Waals surface area contributed by atoms with Gasteiger partial charge in [0.15, 0.2) is 11.6 Å². The Morgan fingerprint density at radius 3 is 2.23 bits per heavy atom. The van der Waals surface area contributed by atoms with Crippen LogP contribution in [0.4, 0.5) is 23.7 Å². The minimum Gasteiger partial charge on any atom is -0.324 e. The van der Waals surface area contributed by atoms with Crippen molar-refractivity contribution in [3.05, 3.63) is 65.2 Å². The van der Waals surface area contributed by atoms with E-state index in [9.17, 15) is 27.6 Å². The van der Waals surface area contributed by atoms with Crippen LogP contribution in [0.1, 0.15) is 46.0 Å². The first kappa shape index (κ1) is 21.5. The molecule has 0 bridgehead atoms. The zero-order chi connectivity index (χ0) is 21.9. The molecule has 3 rings (SSSR count). The van der Waals surface area contributed by atoms with Crippen molar-refractivity contribution < 1.29 is 27.6 Å². The fourth-order valence-corrected chi connectivity index (χ4v) is 3.45. The number of piperidine rings is 1. The summed E-state index contributed by atoms with van der Waals surface area (Å²) in [5.41, 5.74) is 0.166. The molecule has 2 amide bonds. The molecule has 1 aliphatic rings. The first-order chi connectivity index (χ1) is 14.1. The van der Waals surface area contributed by atoms with E-state index in [1.165, 1.54) is 19.1 Å². The monoisotopic (exact) mass is 418 g/mol. The van der Waals surface area contributed by atoms with Crippen molar-refractivity contribution >= 4 is 23.3 Å². The van der Waals surface area contributed by atoms with E-state index in [0.717, 1.165) is 12.1 Å². The molecule has 158 valence electrons. The molecule has 1 saturated heterocycles. The van der Waals surface area contributed by atoms with Crippen molar-refractivity contribution in [3.8, 4) is 0 Å². The Morgan fingerprint density at radius 2 is 1.60 bits per heavy atom. The van der Waals surface area contributed by atoms with Gasteiger partial charge in [0.1, 0.15) is 0 Å². The number of carbonyl (C=O) groups excluding carboxylic acids is 3. The quantitative estimate of drug-likeness (QED) is 0.708. The lowest BCUT2D eigenvalue weighted by molar-refractivity contribution is -0.137. The zero-order valence-corrected chi connectivity index (χ0v) is 16.3. The number of rotatable bonds is 4. The molecule has 8 heteroatoms. The zero-order valence-electron chi connectivity index (χ0n) is 16.3. The van der Waals surface area contributed by atoms with Gasteiger partial charge in [-0.3, -0.25) is 9.59 Å². The molecule has 5 nitrogen and oxygen atoms in total. The normalized spacial score (nSPS) is 15.0. The number of nitrogens with one attached hydrogen (secondary N) is 1. The molecule has 1 heterocycles. The summed E-state index contributed by atoms with van der Waals surface area (Å²) in [6.07, 6.45) is -3.76. The highest BCUT2D eigenvalue weighted by Gasteiger charge is 2.32. The fourth-order valence-electron chi connectivity index (χ4n) is 3.45. The average molecular weight is 418 g/mol. The number of amides is 2. The van der Waals surface area contributed by atoms with Crippen LogP contribution >= 0.6 is 0 Å².